The van der Waals surface area contributed by atoms with Gasteiger partial charge in [0.1, 0.15) is 0 Å². The van der Waals surface area contributed by atoms with Crippen LogP contribution in [-0.2, 0) is 14.6 Å². The lowest BCUT2D eigenvalue weighted by Gasteiger charge is -2.66. The van der Waals surface area contributed by atoms with E-state index in [1.807, 2.05) is 0 Å². The minimum atomic E-state index is -4.40. The standard InChI is InChI=1S/C26H46O7S/c1-5-17-20-13-16(27)10-11-25(20,3)23-21(28)14-26(4)18(8-9-19(26)22(23)24(17)29)15(2)7-6-12-33-34(30,31)32/h15-24,27-29H,5-14H2,1-4H3,(H,30,31,32)/t15-,16-,17-,18-,19?,20?,21+,22?,23?,24-,25?,26?/m1/s1. The third-order valence-electron chi connectivity index (χ3n) is 11.1. The molecule has 4 N–H and O–H groups in total. The minimum absolute atomic E-state index is 0.0220. The van der Waals surface area contributed by atoms with Crippen LogP contribution in [-0.4, -0.2) is 53.2 Å². The highest BCUT2D eigenvalue weighted by atomic mass is 32.3. The molecule has 4 fully saturated rings. The SMILES string of the molecule is CC[C@@H]1C2C[C@H](O)CCC2(C)C2C(C3CC[C@H]([C@H](C)CCCOS(=O)(=O)O)C3(C)C[C@@H]2O)[C@@H]1O. The van der Waals surface area contributed by atoms with Crippen LogP contribution in [0.15, 0.2) is 0 Å². The average molecular weight is 503 g/mol. The van der Waals surface area contributed by atoms with E-state index in [-0.39, 0.29) is 47.2 Å². The monoisotopic (exact) mass is 502 g/mol. The van der Waals surface area contributed by atoms with Gasteiger partial charge >= 0.3 is 10.4 Å². The Kier molecular flexibility index (Phi) is 7.54. The second kappa shape index (κ2) is 9.56. The van der Waals surface area contributed by atoms with Crippen molar-refractivity contribution in [2.45, 2.75) is 104 Å². The van der Waals surface area contributed by atoms with E-state index in [4.69, 9.17) is 4.55 Å². The number of aliphatic hydroxyl groups excluding tert-OH is 3. The van der Waals surface area contributed by atoms with Crippen LogP contribution in [0.25, 0.3) is 0 Å². The summed E-state index contributed by atoms with van der Waals surface area (Å²) in [5.41, 5.74) is -0.123. The van der Waals surface area contributed by atoms with Crippen molar-refractivity contribution >= 4 is 10.4 Å². The molecule has 0 saturated heterocycles. The molecule has 8 heteroatoms. The highest BCUT2D eigenvalue weighted by molar-refractivity contribution is 7.80. The summed E-state index contributed by atoms with van der Waals surface area (Å²) < 4.78 is 35.0. The van der Waals surface area contributed by atoms with Crippen LogP contribution < -0.4 is 0 Å². The Labute approximate surface area is 205 Å². The summed E-state index contributed by atoms with van der Waals surface area (Å²) in [6.45, 7) is 8.98. The molecule has 0 aromatic carbocycles. The van der Waals surface area contributed by atoms with Gasteiger partial charge in [-0.05, 0) is 104 Å². The van der Waals surface area contributed by atoms with Gasteiger partial charge in [0.15, 0.2) is 0 Å². The average Bonchev–Trinajstić information content (AvgIpc) is 3.08. The van der Waals surface area contributed by atoms with Crippen LogP contribution in [0.4, 0.5) is 0 Å². The van der Waals surface area contributed by atoms with Gasteiger partial charge in [-0.15, -0.1) is 0 Å². The molecule has 4 rings (SSSR count). The first-order valence-corrected chi connectivity index (χ1v) is 14.9. The third-order valence-corrected chi connectivity index (χ3v) is 11.6. The molecule has 4 aliphatic rings. The van der Waals surface area contributed by atoms with Gasteiger partial charge in [0.25, 0.3) is 0 Å². The maximum atomic E-state index is 11.8. The zero-order valence-electron chi connectivity index (χ0n) is 21.3. The fraction of sp³-hybridized carbons (Fsp3) is 1.00. The van der Waals surface area contributed by atoms with Crippen LogP contribution in [0.2, 0.25) is 0 Å². The normalized spacial score (nSPS) is 49.7. The summed E-state index contributed by atoms with van der Waals surface area (Å²) in [5, 5.41) is 33.9. The number of aliphatic hydroxyl groups is 3. The Morgan fingerprint density at radius 1 is 1.06 bits per heavy atom. The second-order valence-corrected chi connectivity index (χ2v) is 13.7. The molecule has 198 valence electrons. The van der Waals surface area contributed by atoms with E-state index < -0.39 is 22.6 Å². The van der Waals surface area contributed by atoms with Gasteiger partial charge in [-0.3, -0.25) is 4.55 Å². The van der Waals surface area contributed by atoms with Crippen LogP contribution >= 0.6 is 0 Å². The van der Waals surface area contributed by atoms with E-state index in [9.17, 15) is 23.7 Å². The topological polar surface area (TPSA) is 124 Å². The molecule has 0 spiro atoms. The highest BCUT2D eigenvalue weighted by Gasteiger charge is 2.67. The summed E-state index contributed by atoms with van der Waals surface area (Å²) in [6, 6.07) is 0. The van der Waals surface area contributed by atoms with Crippen molar-refractivity contribution in [2.75, 3.05) is 6.61 Å². The Morgan fingerprint density at radius 3 is 2.41 bits per heavy atom. The van der Waals surface area contributed by atoms with Gasteiger partial charge in [-0.25, -0.2) is 4.18 Å². The summed E-state index contributed by atoms with van der Waals surface area (Å²) >= 11 is 0. The van der Waals surface area contributed by atoms with Crippen molar-refractivity contribution in [1.82, 2.24) is 0 Å². The summed E-state index contributed by atoms with van der Waals surface area (Å²) in [7, 11) is -4.40. The summed E-state index contributed by atoms with van der Waals surface area (Å²) in [4.78, 5) is 0. The van der Waals surface area contributed by atoms with Crippen molar-refractivity contribution in [3.05, 3.63) is 0 Å². The van der Waals surface area contributed by atoms with Crippen LogP contribution in [0.5, 0.6) is 0 Å². The maximum Gasteiger partial charge on any atom is 0.397 e. The lowest BCUT2D eigenvalue weighted by Crippen LogP contribution is -2.65. The van der Waals surface area contributed by atoms with E-state index >= 15 is 0 Å². The van der Waals surface area contributed by atoms with Crippen LogP contribution in [0.1, 0.15) is 85.5 Å². The Balaban J connectivity index is 1.56. The fourth-order valence-corrected chi connectivity index (χ4v) is 10.1. The van der Waals surface area contributed by atoms with Gasteiger partial charge in [0, 0.05) is 0 Å². The van der Waals surface area contributed by atoms with Crippen molar-refractivity contribution in [3.8, 4) is 0 Å². The van der Waals surface area contributed by atoms with Gasteiger partial charge in [-0.1, -0.05) is 34.1 Å². The first-order chi connectivity index (χ1) is 15.8. The summed E-state index contributed by atoms with van der Waals surface area (Å²) in [5.74, 6) is 1.63. The predicted molar refractivity (Wildman–Crippen MR) is 129 cm³/mol. The molecule has 7 nitrogen and oxygen atoms in total. The molecule has 4 aliphatic carbocycles. The molecule has 4 saturated carbocycles. The molecule has 0 aromatic rings. The largest absolute Gasteiger partial charge is 0.397 e. The van der Waals surface area contributed by atoms with Crippen LogP contribution in [0, 0.1) is 52.3 Å². The first kappa shape index (κ1) is 26.8. The lowest BCUT2D eigenvalue weighted by atomic mass is 9.40. The highest BCUT2D eigenvalue weighted by Crippen LogP contribution is 2.69. The van der Waals surface area contributed by atoms with Gasteiger partial charge in [0.05, 0.1) is 24.9 Å². The molecule has 6 unspecified atom stereocenters. The number of hydrogen-bond donors (Lipinski definition) is 4. The first-order valence-electron chi connectivity index (χ1n) is 13.5. The quantitative estimate of drug-likeness (QED) is 0.308. The molecule has 12 atom stereocenters. The van der Waals surface area contributed by atoms with E-state index in [0.29, 0.717) is 24.2 Å². The Hall–Kier alpha value is -0.250. The number of rotatable bonds is 7. The predicted octanol–water partition coefficient (Wildman–Crippen LogP) is 3.82. The lowest BCUT2D eigenvalue weighted by molar-refractivity contribution is -0.235. The van der Waals surface area contributed by atoms with Crippen LogP contribution in [0.3, 0.4) is 0 Å². The van der Waals surface area contributed by atoms with Gasteiger partial charge in [0.2, 0.25) is 0 Å². The fourth-order valence-electron chi connectivity index (χ4n) is 9.82. The second-order valence-electron chi connectivity index (χ2n) is 12.6. The molecular formula is C26H46O7S. The van der Waals surface area contributed by atoms with Crippen molar-refractivity contribution < 1.29 is 32.5 Å². The van der Waals surface area contributed by atoms with E-state index in [0.717, 1.165) is 51.4 Å². The number of fused-ring (bicyclic) bond motifs is 5. The zero-order chi connectivity index (χ0) is 25.1. The van der Waals surface area contributed by atoms with Crippen molar-refractivity contribution in [2.24, 2.45) is 52.3 Å². The van der Waals surface area contributed by atoms with Gasteiger partial charge < -0.3 is 15.3 Å². The molecular weight excluding hydrogens is 456 g/mol. The van der Waals surface area contributed by atoms with Gasteiger partial charge in [-0.2, -0.15) is 8.42 Å². The minimum Gasteiger partial charge on any atom is -0.393 e. The number of hydrogen-bond acceptors (Lipinski definition) is 6. The molecule has 0 aromatic heterocycles. The van der Waals surface area contributed by atoms with E-state index in [1.165, 1.54) is 0 Å². The molecule has 34 heavy (non-hydrogen) atoms. The van der Waals surface area contributed by atoms with E-state index in [2.05, 4.69) is 31.9 Å². The molecule has 0 amide bonds. The van der Waals surface area contributed by atoms with Crippen molar-refractivity contribution in [3.63, 3.8) is 0 Å². The smallest absolute Gasteiger partial charge is 0.393 e. The summed E-state index contributed by atoms with van der Waals surface area (Å²) in [6.07, 6.45) is 6.30. The maximum absolute atomic E-state index is 11.8. The molecule has 0 aliphatic heterocycles. The molecule has 0 bridgehead atoms. The third kappa shape index (κ3) is 4.49. The molecule has 0 radical (unpaired) electrons. The Bertz CT molecular complexity index is 833. The molecule has 0 heterocycles. The Morgan fingerprint density at radius 2 is 1.76 bits per heavy atom. The van der Waals surface area contributed by atoms with E-state index in [1.54, 1.807) is 0 Å². The zero-order valence-corrected chi connectivity index (χ0v) is 22.1. The van der Waals surface area contributed by atoms with Crippen molar-refractivity contribution in [1.29, 1.82) is 0 Å².